The second-order valence-corrected chi connectivity index (χ2v) is 7.75. The molecule has 0 fully saturated rings. The van der Waals surface area contributed by atoms with Crippen molar-refractivity contribution >= 4 is 11.8 Å². The third-order valence-electron chi connectivity index (χ3n) is 5.34. The Hall–Kier alpha value is -3.12. The third kappa shape index (κ3) is 5.52. The summed E-state index contributed by atoms with van der Waals surface area (Å²) < 4.78 is 5.83. The van der Waals surface area contributed by atoms with Gasteiger partial charge in [-0.2, -0.15) is 0 Å². The molecule has 0 radical (unpaired) electrons. The zero-order valence-electron chi connectivity index (χ0n) is 18.9. The smallest absolute Gasteiger partial charge is 0.254 e. The van der Waals surface area contributed by atoms with Crippen LogP contribution in [0.3, 0.4) is 0 Å². The van der Waals surface area contributed by atoms with Crippen molar-refractivity contribution in [2.75, 3.05) is 45.2 Å². The molecule has 0 aliphatic carbocycles. The molecule has 0 unspecified atom stereocenters. The van der Waals surface area contributed by atoms with Crippen molar-refractivity contribution in [3.8, 4) is 11.3 Å². The van der Waals surface area contributed by atoms with Gasteiger partial charge in [0.25, 0.3) is 5.91 Å². The Morgan fingerprint density at radius 1 is 0.903 bits per heavy atom. The van der Waals surface area contributed by atoms with Crippen LogP contribution in [0, 0.1) is 0 Å². The van der Waals surface area contributed by atoms with Crippen LogP contribution in [0.5, 0.6) is 0 Å². The molecule has 6 heteroatoms. The Labute approximate surface area is 185 Å². The number of benzene rings is 2. The van der Waals surface area contributed by atoms with Crippen molar-refractivity contribution in [1.82, 2.24) is 15.0 Å². The Morgan fingerprint density at radius 2 is 1.52 bits per heavy atom. The number of nitrogens with zero attached hydrogens (tertiary/aromatic N) is 4. The lowest BCUT2D eigenvalue weighted by atomic mass is 10.1. The van der Waals surface area contributed by atoms with Gasteiger partial charge in [0.05, 0.1) is 12.1 Å². The molecule has 0 atom stereocenters. The molecule has 0 bridgehead atoms. The molecule has 0 aliphatic heterocycles. The van der Waals surface area contributed by atoms with Gasteiger partial charge in [0.1, 0.15) is 5.69 Å². The summed E-state index contributed by atoms with van der Waals surface area (Å²) >= 11 is 0. The highest BCUT2D eigenvalue weighted by molar-refractivity contribution is 5.94. The van der Waals surface area contributed by atoms with E-state index in [0.717, 1.165) is 42.3 Å². The van der Waals surface area contributed by atoms with Gasteiger partial charge in [-0.1, -0.05) is 53.7 Å². The molecule has 2 aromatic carbocycles. The molecular weight excluding hydrogens is 388 g/mol. The molecule has 6 nitrogen and oxygen atoms in total. The van der Waals surface area contributed by atoms with Crippen LogP contribution in [-0.4, -0.2) is 61.1 Å². The van der Waals surface area contributed by atoms with Gasteiger partial charge in [-0.05, 0) is 40.1 Å². The van der Waals surface area contributed by atoms with Crippen LogP contribution in [0.15, 0.2) is 65.2 Å². The molecule has 0 aliphatic rings. The minimum absolute atomic E-state index is 0.00755. The Kier molecular flexibility index (Phi) is 7.84. The predicted octanol–water partition coefficient (Wildman–Crippen LogP) is 4.39. The quantitative estimate of drug-likeness (QED) is 0.487. The third-order valence-corrected chi connectivity index (χ3v) is 5.34. The molecule has 0 saturated heterocycles. The molecule has 31 heavy (non-hydrogen) atoms. The summed E-state index contributed by atoms with van der Waals surface area (Å²) in [5.74, 6) is 0.743. The molecule has 3 aromatic rings. The first-order chi connectivity index (χ1) is 15.0. The predicted molar refractivity (Wildman–Crippen MR) is 125 cm³/mol. The molecule has 164 valence electrons. The summed E-state index contributed by atoms with van der Waals surface area (Å²) in [6.07, 6.45) is 0. The lowest BCUT2D eigenvalue weighted by Gasteiger charge is -2.26. The van der Waals surface area contributed by atoms with Gasteiger partial charge in [0.15, 0.2) is 0 Å². The Morgan fingerprint density at radius 3 is 2.10 bits per heavy atom. The summed E-state index contributed by atoms with van der Waals surface area (Å²) in [5, 5.41) is 4.42. The number of rotatable bonds is 10. The van der Waals surface area contributed by atoms with E-state index >= 15 is 0 Å². The summed E-state index contributed by atoms with van der Waals surface area (Å²) in [5.41, 5.74) is 3.40. The van der Waals surface area contributed by atoms with Crippen molar-refractivity contribution in [2.45, 2.75) is 20.4 Å². The summed E-state index contributed by atoms with van der Waals surface area (Å²) in [6.45, 7) is 7.60. The van der Waals surface area contributed by atoms with Gasteiger partial charge in [0.2, 0.25) is 5.88 Å². The fourth-order valence-corrected chi connectivity index (χ4v) is 3.55. The van der Waals surface area contributed by atoms with Crippen molar-refractivity contribution in [1.29, 1.82) is 0 Å². The van der Waals surface area contributed by atoms with Crippen LogP contribution >= 0.6 is 0 Å². The van der Waals surface area contributed by atoms with E-state index in [1.807, 2.05) is 79.7 Å². The molecule has 1 amide bonds. The summed E-state index contributed by atoms with van der Waals surface area (Å²) in [6, 6.07) is 19.5. The number of carbonyl (C=O) groups excluding carboxylic acids is 1. The molecule has 3 rings (SSSR count). The van der Waals surface area contributed by atoms with E-state index in [0.29, 0.717) is 18.7 Å². The van der Waals surface area contributed by atoms with Gasteiger partial charge in [-0.25, -0.2) is 0 Å². The van der Waals surface area contributed by atoms with E-state index in [-0.39, 0.29) is 5.91 Å². The largest absolute Gasteiger partial charge is 0.341 e. The molecule has 0 saturated carbocycles. The van der Waals surface area contributed by atoms with Crippen molar-refractivity contribution in [2.24, 2.45) is 0 Å². The second-order valence-electron chi connectivity index (χ2n) is 7.75. The van der Waals surface area contributed by atoms with Crippen LogP contribution in [-0.2, 0) is 6.54 Å². The maximum absolute atomic E-state index is 13.4. The van der Waals surface area contributed by atoms with Gasteiger partial charge in [-0.15, -0.1) is 0 Å². The van der Waals surface area contributed by atoms with Crippen molar-refractivity contribution < 1.29 is 9.32 Å². The second kappa shape index (κ2) is 10.8. The summed E-state index contributed by atoms with van der Waals surface area (Å²) in [7, 11) is 4.03. The Bertz CT molecular complexity index is 950. The minimum atomic E-state index is 0.00755. The number of hydrogen-bond acceptors (Lipinski definition) is 5. The van der Waals surface area contributed by atoms with Crippen LogP contribution in [0.1, 0.15) is 29.8 Å². The highest BCUT2D eigenvalue weighted by atomic mass is 16.5. The maximum atomic E-state index is 13.4. The zero-order chi connectivity index (χ0) is 22.2. The van der Waals surface area contributed by atoms with Crippen LogP contribution < -0.4 is 4.90 Å². The highest BCUT2D eigenvalue weighted by Gasteiger charge is 2.25. The first-order valence-electron chi connectivity index (χ1n) is 10.8. The monoisotopic (exact) mass is 420 g/mol. The van der Waals surface area contributed by atoms with E-state index in [9.17, 15) is 4.79 Å². The topological polar surface area (TPSA) is 52.8 Å². The van der Waals surface area contributed by atoms with Crippen LogP contribution in [0.4, 0.5) is 5.88 Å². The molecule has 1 heterocycles. The van der Waals surface area contributed by atoms with E-state index in [1.54, 1.807) is 0 Å². The number of likely N-dealkylation sites (N-methyl/N-ethyl adjacent to an activating group) is 1. The fraction of sp³-hybridized carbons (Fsp3) is 0.360. The van der Waals surface area contributed by atoms with E-state index < -0.39 is 0 Å². The SMILES string of the molecule is CCN(CC)c1onc(-c2ccccc2)c1CN(CCN(C)C)C(=O)c1ccccc1. The number of hydrogen-bond donors (Lipinski definition) is 0. The number of aromatic nitrogens is 1. The highest BCUT2D eigenvalue weighted by Crippen LogP contribution is 2.32. The van der Waals surface area contributed by atoms with Crippen molar-refractivity contribution in [3.63, 3.8) is 0 Å². The zero-order valence-corrected chi connectivity index (χ0v) is 18.9. The van der Waals surface area contributed by atoms with E-state index in [4.69, 9.17) is 4.52 Å². The lowest BCUT2D eigenvalue weighted by molar-refractivity contribution is 0.0732. The van der Waals surface area contributed by atoms with Crippen LogP contribution in [0.25, 0.3) is 11.3 Å². The lowest BCUT2D eigenvalue weighted by Crippen LogP contribution is -2.36. The van der Waals surface area contributed by atoms with Gasteiger partial charge >= 0.3 is 0 Å². The first-order valence-corrected chi connectivity index (χ1v) is 10.8. The van der Waals surface area contributed by atoms with Gasteiger partial charge in [0, 0.05) is 37.3 Å². The van der Waals surface area contributed by atoms with Gasteiger partial charge < -0.3 is 19.2 Å². The van der Waals surface area contributed by atoms with Gasteiger partial charge in [-0.3, -0.25) is 4.79 Å². The van der Waals surface area contributed by atoms with E-state index in [2.05, 4.69) is 28.8 Å². The number of carbonyl (C=O) groups is 1. The Balaban J connectivity index is 2.02. The standard InChI is InChI=1S/C25H32N4O2/c1-5-28(6-2)25-22(23(26-31-25)20-13-9-7-10-14-20)19-29(18-17-27(3)4)24(30)21-15-11-8-12-16-21/h7-16H,5-6,17-19H2,1-4H3. The van der Waals surface area contributed by atoms with E-state index in [1.165, 1.54) is 0 Å². The molecule has 0 N–H and O–H groups in total. The average Bonchev–Trinajstić information content (AvgIpc) is 3.21. The fourth-order valence-electron chi connectivity index (χ4n) is 3.55. The van der Waals surface area contributed by atoms with Crippen molar-refractivity contribution in [3.05, 3.63) is 71.8 Å². The minimum Gasteiger partial charge on any atom is -0.341 e. The average molecular weight is 421 g/mol. The molecular formula is C25H32N4O2. The number of anilines is 1. The summed E-state index contributed by atoms with van der Waals surface area (Å²) in [4.78, 5) is 19.5. The maximum Gasteiger partial charge on any atom is 0.254 e. The van der Waals surface area contributed by atoms with Crippen LogP contribution in [0.2, 0.25) is 0 Å². The normalized spacial score (nSPS) is 11.0. The number of amides is 1. The first kappa shape index (κ1) is 22.6. The molecule has 1 aromatic heterocycles. The molecule has 0 spiro atoms.